The summed E-state index contributed by atoms with van der Waals surface area (Å²) in [6.07, 6.45) is 8.87. The molecule has 24 heavy (non-hydrogen) atoms. The zero-order valence-electron chi connectivity index (χ0n) is 15.1. The van der Waals surface area contributed by atoms with Crippen LogP contribution in [0.1, 0.15) is 52.4 Å². The van der Waals surface area contributed by atoms with Crippen molar-refractivity contribution in [3.63, 3.8) is 0 Å². The first-order valence-electron chi connectivity index (χ1n) is 9.47. The summed E-state index contributed by atoms with van der Waals surface area (Å²) in [4.78, 5) is 24.5. The number of allylic oxidation sites excluding steroid dienone is 2. The van der Waals surface area contributed by atoms with E-state index >= 15 is 0 Å². The maximum Gasteiger partial charge on any atom is 0.316 e. The molecule has 4 heteroatoms. The van der Waals surface area contributed by atoms with Crippen LogP contribution in [0.25, 0.3) is 0 Å². The van der Waals surface area contributed by atoms with Crippen LogP contribution >= 0.6 is 0 Å². The van der Waals surface area contributed by atoms with Crippen molar-refractivity contribution >= 4 is 11.8 Å². The number of rotatable bonds is 1. The summed E-state index contributed by atoms with van der Waals surface area (Å²) in [5, 5.41) is 3.59. The Morgan fingerprint density at radius 2 is 2.04 bits per heavy atom. The zero-order chi connectivity index (χ0) is 17.1. The van der Waals surface area contributed by atoms with Gasteiger partial charge in [-0.1, -0.05) is 20.3 Å². The minimum absolute atomic E-state index is 0.0956. The molecular weight excluding hydrogens is 302 g/mol. The van der Waals surface area contributed by atoms with Crippen LogP contribution in [0.15, 0.2) is 11.8 Å². The highest BCUT2D eigenvalue weighted by molar-refractivity contribution is 6.06. The Labute approximate surface area is 144 Å². The van der Waals surface area contributed by atoms with Gasteiger partial charge < -0.3 is 10.1 Å². The molecule has 0 bridgehead atoms. The van der Waals surface area contributed by atoms with Gasteiger partial charge in [0.2, 0.25) is 0 Å². The molecule has 1 unspecified atom stereocenters. The minimum atomic E-state index is -0.624. The van der Waals surface area contributed by atoms with Crippen molar-refractivity contribution in [2.75, 3.05) is 13.7 Å². The van der Waals surface area contributed by atoms with Gasteiger partial charge in [0.1, 0.15) is 5.92 Å². The maximum absolute atomic E-state index is 12.4. The van der Waals surface area contributed by atoms with E-state index in [4.69, 9.17) is 4.74 Å². The van der Waals surface area contributed by atoms with Crippen LogP contribution in [0.4, 0.5) is 0 Å². The molecule has 3 fully saturated rings. The molecule has 1 aliphatic heterocycles. The van der Waals surface area contributed by atoms with Crippen molar-refractivity contribution in [2.24, 2.45) is 34.5 Å². The van der Waals surface area contributed by atoms with E-state index in [1.165, 1.54) is 39.2 Å². The fourth-order valence-electron chi connectivity index (χ4n) is 6.57. The molecule has 0 aromatic carbocycles. The molecule has 4 rings (SSSR count). The highest BCUT2D eigenvalue weighted by atomic mass is 16.5. The van der Waals surface area contributed by atoms with Crippen molar-refractivity contribution in [3.8, 4) is 0 Å². The van der Waals surface area contributed by atoms with Gasteiger partial charge in [-0.05, 0) is 55.3 Å². The summed E-state index contributed by atoms with van der Waals surface area (Å²) in [5.41, 5.74) is 1.47. The molecule has 132 valence electrons. The lowest BCUT2D eigenvalue weighted by molar-refractivity contribution is -0.151. The number of ketones is 1. The third-order valence-corrected chi connectivity index (χ3v) is 7.92. The Morgan fingerprint density at radius 3 is 2.79 bits per heavy atom. The van der Waals surface area contributed by atoms with Gasteiger partial charge >= 0.3 is 5.97 Å². The van der Waals surface area contributed by atoms with Gasteiger partial charge in [-0.2, -0.15) is 0 Å². The first-order chi connectivity index (χ1) is 11.4. The SMILES string of the molecule is COC(=O)C1C[C@@]2(C)C(=CC1=O)NC[C@@H]1[C@H]2CC[C@]2(C)CCC[C@@H]12. The van der Waals surface area contributed by atoms with Crippen LogP contribution in [0, 0.1) is 34.5 Å². The van der Waals surface area contributed by atoms with Gasteiger partial charge in [0.05, 0.1) is 7.11 Å². The standard InChI is InChI=1S/C20H29NO3/c1-19-7-4-5-14(19)13-11-21-17-9-16(22)12(18(23)24-3)10-20(17,2)15(13)6-8-19/h9,12-15,21H,4-8,10-11H2,1-3H3/t12?,13-,14-,15+,19-,20+/m0/s1. The quantitative estimate of drug-likeness (QED) is 0.593. The summed E-state index contributed by atoms with van der Waals surface area (Å²) in [5.74, 6) is 0.931. The number of fused-ring (bicyclic) bond motifs is 5. The highest BCUT2D eigenvalue weighted by Gasteiger charge is 2.58. The first-order valence-corrected chi connectivity index (χ1v) is 9.47. The molecule has 0 aromatic heterocycles. The van der Waals surface area contributed by atoms with Crippen LogP contribution in [0.2, 0.25) is 0 Å². The summed E-state index contributed by atoms with van der Waals surface area (Å²) < 4.78 is 4.90. The topological polar surface area (TPSA) is 55.4 Å². The number of hydrogen-bond acceptors (Lipinski definition) is 4. The van der Waals surface area contributed by atoms with Gasteiger partial charge in [-0.15, -0.1) is 0 Å². The number of ether oxygens (including phenoxy) is 1. The number of nitrogens with one attached hydrogen (secondary N) is 1. The van der Waals surface area contributed by atoms with Crippen molar-refractivity contribution in [2.45, 2.75) is 52.4 Å². The highest BCUT2D eigenvalue weighted by Crippen LogP contribution is 2.62. The molecule has 0 spiro atoms. The van der Waals surface area contributed by atoms with Crippen molar-refractivity contribution in [3.05, 3.63) is 11.8 Å². The van der Waals surface area contributed by atoms with E-state index in [0.29, 0.717) is 23.7 Å². The van der Waals surface area contributed by atoms with E-state index in [2.05, 4.69) is 19.2 Å². The smallest absolute Gasteiger partial charge is 0.316 e. The molecular formula is C20H29NO3. The normalized spacial score (nSPS) is 47.0. The molecule has 1 N–H and O–H groups in total. The molecule has 6 atom stereocenters. The molecule has 1 saturated heterocycles. The van der Waals surface area contributed by atoms with Crippen molar-refractivity contribution in [1.82, 2.24) is 5.32 Å². The molecule has 1 heterocycles. The maximum atomic E-state index is 12.4. The molecule has 4 aliphatic rings. The zero-order valence-corrected chi connectivity index (χ0v) is 15.1. The van der Waals surface area contributed by atoms with Gasteiger partial charge in [0.15, 0.2) is 5.78 Å². The van der Waals surface area contributed by atoms with E-state index < -0.39 is 5.92 Å². The van der Waals surface area contributed by atoms with Crippen LogP contribution in [0.3, 0.4) is 0 Å². The van der Waals surface area contributed by atoms with Crippen molar-refractivity contribution < 1.29 is 14.3 Å². The largest absolute Gasteiger partial charge is 0.468 e. The fourth-order valence-corrected chi connectivity index (χ4v) is 6.57. The van der Waals surface area contributed by atoms with Crippen LogP contribution < -0.4 is 5.32 Å². The first kappa shape index (κ1) is 16.2. The van der Waals surface area contributed by atoms with E-state index in [-0.39, 0.29) is 17.2 Å². The lowest BCUT2D eigenvalue weighted by Crippen LogP contribution is -2.57. The molecule has 2 saturated carbocycles. The summed E-state index contributed by atoms with van der Waals surface area (Å²) in [6.45, 7) is 5.74. The van der Waals surface area contributed by atoms with Crippen LogP contribution in [-0.4, -0.2) is 25.4 Å². The molecule has 0 amide bonds. The van der Waals surface area contributed by atoms with E-state index in [1.807, 2.05) is 0 Å². The van der Waals surface area contributed by atoms with Gasteiger partial charge in [0.25, 0.3) is 0 Å². The summed E-state index contributed by atoms with van der Waals surface area (Å²) in [6, 6.07) is 0. The number of carbonyl (C=O) groups is 2. The van der Waals surface area contributed by atoms with E-state index in [9.17, 15) is 9.59 Å². The van der Waals surface area contributed by atoms with E-state index in [1.54, 1.807) is 6.08 Å². The Morgan fingerprint density at radius 1 is 1.25 bits per heavy atom. The average Bonchev–Trinajstić information content (AvgIpc) is 2.96. The third-order valence-electron chi connectivity index (χ3n) is 7.92. The fraction of sp³-hybridized carbons (Fsp3) is 0.800. The average molecular weight is 331 g/mol. The predicted octanol–water partition coefficient (Wildman–Crippen LogP) is 3.07. The summed E-state index contributed by atoms with van der Waals surface area (Å²) in [7, 11) is 1.38. The van der Waals surface area contributed by atoms with Crippen molar-refractivity contribution in [1.29, 1.82) is 0 Å². The lowest BCUT2D eigenvalue weighted by atomic mass is 9.50. The van der Waals surface area contributed by atoms with Gasteiger partial charge in [-0.3, -0.25) is 9.59 Å². The van der Waals surface area contributed by atoms with Crippen LogP contribution in [-0.2, 0) is 14.3 Å². The predicted molar refractivity (Wildman–Crippen MR) is 91.0 cm³/mol. The Hall–Kier alpha value is -1.32. The number of methoxy groups -OCH3 is 1. The van der Waals surface area contributed by atoms with Gasteiger partial charge in [-0.25, -0.2) is 0 Å². The van der Waals surface area contributed by atoms with Crippen LogP contribution in [0.5, 0.6) is 0 Å². The second kappa shape index (κ2) is 5.34. The number of piperidine rings is 1. The summed E-state index contributed by atoms with van der Waals surface area (Å²) >= 11 is 0. The molecule has 0 radical (unpaired) electrons. The molecule has 3 aliphatic carbocycles. The Bertz CT molecular complexity index is 612. The second-order valence-electron chi connectivity index (χ2n) is 9.00. The number of esters is 1. The monoisotopic (exact) mass is 331 g/mol. The van der Waals surface area contributed by atoms with E-state index in [0.717, 1.165) is 18.2 Å². The second-order valence-corrected chi connectivity index (χ2v) is 9.00. The molecule has 4 nitrogen and oxygen atoms in total. The van der Waals surface area contributed by atoms with Gasteiger partial charge in [0, 0.05) is 23.7 Å². The lowest BCUT2D eigenvalue weighted by Gasteiger charge is -2.57. The molecule has 0 aromatic rings. The third kappa shape index (κ3) is 2.11. The Kier molecular flexibility index (Phi) is 3.59. The minimum Gasteiger partial charge on any atom is -0.468 e. The Balaban J connectivity index is 1.68. The number of hydrogen-bond donors (Lipinski definition) is 1. The number of carbonyl (C=O) groups excluding carboxylic acids is 2.